The van der Waals surface area contributed by atoms with Gasteiger partial charge in [0.2, 0.25) is 6.79 Å². The summed E-state index contributed by atoms with van der Waals surface area (Å²) < 4.78 is 10.7. The fourth-order valence-corrected chi connectivity index (χ4v) is 2.22. The second-order valence-electron chi connectivity index (χ2n) is 4.78. The monoisotopic (exact) mass is 335 g/mol. The number of rotatable bonds is 4. The first-order chi connectivity index (χ1) is 9.31. The summed E-state index contributed by atoms with van der Waals surface area (Å²) in [5.41, 5.74) is 3.81. The number of hydrogen-bond acceptors (Lipinski definition) is 3. The van der Waals surface area contributed by atoms with Crippen LogP contribution in [0.3, 0.4) is 0 Å². The summed E-state index contributed by atoms with van der Waals surface area (Å²) in [6, 6.07) is 14.6. The van der Waals surface area contributed by atoms with Gasteiger partial charge < -0.3 is 14.8 Å². The second-order valence-corrected chi connectivity index (χ2v) is 4.78. The van der Waals surface area contributed by atoms with Crippen LogP contribution in [0.4, 0.5) is 0 Å². The van der Waals surface area contributed by atoms with Gasteiger partial charge in [-0.2, -0.15) is 0 Å². The molecule has 1 N–H and O–H groups in total. The topological polar surface area (TPSA) is 30.5 Å². The third-order valence-corrected chi connectivity index (χ3v) is 3.18. The Bertz CT molecular complexity index is 586. The van der Waals surface area contributed by atoms with Gasteiger partial charge in [-0.1, -0.05) is 35.9 Å². The van der Waals surface area contributed by atoms with Crippen molar-refractivity contribution in [2.75, 3.05) is 6.79 Å². The zero-order chi connectivity index (χ0) is 13.1. The van der Waals surface area contributed by atoms with Crippen molar-refractivity contribution in [3.8, 4) is 11.5 Å². The van der Waals surface area contributed by atoms with Gasteiger partial charge in [-0.3, -0.25) is 0 Å². The third kappa shape index (κ3) is 3.52. The van der Waals surface area contributed by atoms with Crippen molar-refractivity contribution >= 4 is 17.0 Å². The summed E-state index contributed by atoms with van der Waals surface area (Å²) in [4.78, 5) is 0. The Morgan fingerprint density at radius 1 is 0.950 bits per heavy atom. The van der Waals surface area contributed by atoms with Crippen molar-refractivity contribution in [2.24, 2.45) is 0 Å². The first kappa shape index (κ1) is 14.9. The second kappa shape index (κ2) is 6.77. The number of nitrogens with one attached hydrogen (secondary N) is 1. The number of benzene rings is 2. The van der Waals surface area contributed by atoms with Gasteiger partial charge in [-0.25, -0.2) is 0 Å². The van der Waals surface area contributed by atoms with Crippen molar-refractivity contribution in [3.63, 3.8) is 0 Å². The van der Waals surface area contributed by atoms with Crippen molar-refractivity contribution in [1.82, 2.24) is 5.32 Å². The fraction of sp³-hybridized carbons (Fsp3) is 0.250. The molecule has 3 rings (SSSR count). The van der Waals surface area contributed by atoms with Crippen LogP contribution in [0, 0.1) is 6.92 Å². The first-order valence-corrected chi connectivity index (χ1v) is 6.46. The van der Waals surface area contributed by atoms with E-state index in [1.54, 1.807) is 0 Å². The van der Waals surface area contributed by atoms with Crippen LogP contribution in [-0.2, 0) is 13.1 Å². The van der Waals surface area contributed by atoms with Gasteiger partial charge in [0.1, 0.15) is 0 Å². The molecule has 3 nitrogen and oxygen atoms in total. The molecule has 0 fully saturated rings. The van der Waals surface area contributed by atoms with Crippen LogP contribution in [0.5, 0.6) is 11.5 Å². The number of ether oxygens (including phenoxy) is 2. The highest BCUT2D eigenvalue weighted by Gasteiger charge is 2.12. The quantitative estimate of drug-likeness (QED) is 0.926. The number of halogens is 1. The van der Waals surface area contributed by atoms with Gasteiger partial charge in [-0.15, -0.1) is 17.0 Å². The molecule has 0 aromatic heterocycles. The van der Waals surface area contributed by atoms with Gasteiger partial charge in [0, 0.05) is 13.1 Å². The number of hydrogen-bond donors (Lipinski definition) is 1. The Hall–Kier alpha value is -1.52. The molecule has 1 aliphatic rings. The smallest absolute Gasteiger partial charge is 0.231 e. The minimum absolute atomic E-state index is 0. The van der Waals surface area contributed by atoms with Gasteiger partial charge in [0.25, 0.3) is 0 Å². The lowest BCUT2D eigenvalue weighted by atomic mass is 10.1. The van der Waals surface area contributed by atoms with Crippen LogP contribution in [0.15, 0.2) is 42.5 Å². The van der Waals surface area contributed by atoms with Crippen molar-refractivity contribution in [1.29, 1.82) is 0 Å². The molecule has 0 atom stereocenters. The number of fused-ring (bicyclic) bond motifs is 1. The molecule has 0 saturated carbocycles. The van der Waals surface area contributed by atoms with Gasteiger partial charge >= 0.3 is 0 Å². The lowest BCUT2D eigenvalue weighted by molar-refractivity contribution is 0.174. The Morgan fingerprint density at radius 3 is 2.50 bits per heavy atom. The molecule has 0 radical (unpaired) electrons. The molecular weight excluding hydrogens is 318 g/mol. The fourth-order valence-electron chi connectivity index (χ4n) is 2.22. The molecule has 106 valence electrons. The predicted octanol–water partition coefficient (Wildman–Crippen LogP) is 3.59. The maximum absolute atomic E-state index is 5.37. The Labute approximate surface area is 129 Å². The molecule has 20 heavy (non-hydrogen) atoms. The zero-order valence-electron chi connectivity index (χ0n) is 11.4. The largest absolute Gasteiger partial charge is 0.454 e. The van der Waals surface area contributed by atoms with Crippen molar-refractivity contribution in [2.45, 2.75) is 20.0 Å². The summed E-state index contributed by atoms with van der Waals surface area (Å²) in [5, 5.41) is 3.44. The van der Waals surface area contributed by atoms with E-state index >= 15 is 0 Å². The van der Waals surface area contributed by atoms with E-state index in [1.807, 2.05) is 12.1 Å². The molecule has 0 bridgehead atoms. The summed E-state index contributed by atoms with van der Waals surface area (Å²) in [6.45, 7) is 4.14. The third-order valence-electron chi connectivity index (χ3n) is 3.18. The van der Waals surface area contributed by atoms with E-state index in [0.717, 1.165) is 24.6 Å². The average molecular weight is 336 g/mol. The van der Waals surface area contributed by atoms with Crippen LogP contribution in [0.1, 0.15) is 16.7 Å². The molecule has 2 aromatic carbocycles. The predicted molar refractivity (Wildman–Crippen MR) is 84.6 cm³/mol. The van der Waals surface area contributed by atoms with Crippen LogP contribution in [-0.4, -0.2) is 6.79 Å². The van der Waals surface area contributed by atoms with E-state index in [0.29, 0.717) is 6.79 Å². The van der Waals surface area contributed by atoms with Crippen LogP contribution in [0.25, 0.3) is 0 Å². The molecule has 0 spiro atoms. The van der Waals surface area contributed by atoms with Gasteiger partial charge in [0.05, 0.1) is 0 Å². The summed E-state index contributed by atoms with van der Waals surface area (Å²) in [5.74, 6) is 1.68. The molecular formula is C16H18BrNO2. The lowest BCUT2D eigenvalue weighted by Crippen LogP contribution is -2.12. The summed E-state index contributed by atoms with van der Waals surface area (Å²) in [7, 11) is 0. The standard InChI is InChI=1S/C16H17NO2.BrH/c1-12-3-2-4-13(7-12)9-17-10-14-5-6-15-16(8-14)19-11-18-15;/h2-8,17H,9-11H2,1H3;1H. The Balaban J connectivity index is 0.00000147. The molecule has 0 saturated heterocycles. The van der Waals surface area contributed by atoms with E-state index in [4.69, 9.17) is 9.47 Å². The highest BCUT2D eigenvalue weighted by Crippen LogP contribution is 2.32. The maximum Gasteiger partial charge on any atom is 0.231 e. The van der Waals surface area contributed by atoms with Gasteiger partial charge in [0.15, 0.2) is 11.5 Å². The number of aryl methyl sites for hydroxylation is 1. The SMILES string of the molecule is Br.Cc1cccc(CNCc2ccc3c(c2)OCO3)c1. The van der Waals surface area contributed by atoms with E-state index < -0.39 is 0 Å². The van der Waals surface area contributed by atoms with E-state index in [1.165, 1.54) is 16.7 Å². The molecule has 1 heterocycles. The van der Waals surface area contributed by atoms with Crippen LogP contribution < -0.4 is 14.8 Å². The van der Waals surface area contributed by atoms with E-state index in [2.05, 4.69) is 42.6 Å². The van der Waals surface area contributed by atoms with Crippen LogP contribution in [0.2, 0.25) is 0 Å². The molecule has 0 unspecified atom stereocenters. The van der Waals surface area contributed by atoms with Gasteiger partial charge in [-0.05, 0) is 30.2 Å². The highest BCUT2D eigenvalue weighted by molar-refractivity contribution is 8.93. The minimum atomic E-state index is 0. The molecule has 0 amide bonds. The Kier molecular flexibility index (Phi) is 5.04. The molecule has 0 aliphatic carbocycles. The van der Waals surface area contributed by atoms with E-state index in [-0.39, 0.29) is 17.0 Å². The summed E-state index contributed by atoms with van der Waals surface area (Å²) in [6.07, 6.45) is 0. The Morgan fingerprint density at radius 2 is 1.70 bits per heavy atom. The maximum atomic E-state index is 5.37. The molecule has 2 aromatic rings. The highest BCUT2D eigenvalue weighted by atomic mass is 79.9. The van der Waals surface area contributed by atoms with E-state index in [9.17, 15) is 0 Å². The molecule has 1 aliphatic heterocycles. The lowest BCUT2D eigenvalue weighted by Gasteiger charge is -2.06. The minimum Gasteiger partial charge on any atom is -0.454 e. The normalized spacial score (nSPS) is 12.1. The van der Waals surface area contributed by atoms with Crippen molar-refractivity contribution in [3.05, 3.63) is 59.2 Å². The average Bonchev–Trinajstić information content (AvgIpc) is 2.86. The van der Waals surface area contributed by atoms with Crippen molar-refractivity contribution < 1.29 is 9.47 Å². The molecule has 4 heteroatoms. The first-order valence-electron chi connectivity index (χ1n) is 6.46. The van der Waals surface area contributed by atoms with Crippen LogP contribution >= 0.6 is 17.0 Å². The zero-order valence-corrected chi connectivity index (χ0v) is 13.1. The summed E-state index contributed by atoms with van der Waals surface area (Å²) >= 11 is 0.